The highest BCUT2D eigenvalue weighted by molar-refractivity contribution is 7.13. The van der Waals surface area contributed by atoms with E-state index in [2.05, 4.69) is 22.4 Å². The average Bonchev–Trinajstić information content (AvgIpc) is 3.30. The molecule has 170 valence electrons. The molecule has 0 spiro atoms. The molecule has 1 fully saturated rings. The maximum absolute atomic E-state index is 11.8. The van der Waals surface area contributed by atoms with E-state index in [0.29, 0.717) is 18.0 Å². The predicted molar refractivity (Wildman–Crippen MR) is 119 cm³/mol. The van der Waals surface area contributed by atoms with Gasteiger partial charge in [0.2, 0.25) is 11.0 Å². The number of amides is 1. The molecule has 8 heteroatoms. The zero-order valence-electron chi connectivity index (χ0n) is 17.9. The number of aliphatic hydroxyl groups excluding tert-OH is 3. The summed E-state index contributed by atoms with van der Waals surface area (Å²) in [5, 5.41) is 41.5. The average molecular weight is 440 g/mol. The minimum atomic E-state index is -0.548. The van der Waals surface area contributed by atoms with E-state index in [1.807, 2.05) is 6.08 Å². The molecule has 2 rings (SSSR count). The molecule has 30 heavy (non-hydrogen) atoms. The maximum Gasteiger partial charge on any atom is 0.226 e. The minimum absolute atomic E-state index is 0.0276. The number of aliphatic hydroxyl groups is 3. The van der Waals surface area contributed by atoms with Crippen LogP contribution in [0.1, 0.15) is 77.6 Å². The van der Waals surface area contributed by atoms with Crippen molar-refractivity contribution >= 4 is 22.4 Å². The van der Waals surface area contributed by atoms with Gasteiger partial charge in [0.25, 0.3) is 0 Å². The third-order valence-electron chi connectivity index (χ3n) is 5.87. The van der Waals surface area contributed by atoms with Gasteiger partial charge in [0.15, 0.2) is 0 Å². The molecule has 0 bridgehead atoms. The van der Waals surface area contributed by atoms with Gasteiger partial charge in [-0.2, -0.15) is 0 Å². The van der Waals surface area contributed by atoms with E-state index in [9.17, 15) is 20.1 Å². The van der Waals surface area contributed by atoms with Crippen molar-refractivity contribution in [2.24, 2.45) is 11.8 Å². The van der Waals surface area contributed by atoms with Crippen molar-refractivity contribution in [3.63, 3.8) is 0 Å². The van der Waals surface area contributed by atoms with E-state index >= 15 is 0 Å². The van der Waals surface area contributed by atoms with Crippen LogP contribution in [0.3, 0.4) is 0 Å². The first-order valence-corrected chi connectivity index (χ1v) is 12.2. The van der Waals surface area contributed by atoms with E-state index in [0.717, 1.165) is 57.8 Å². The number of carbonyl (C=O) groups excluding carboxylic acids is 1. The quantitative estimate of drug-likeness (QED) is 0.260. The van der Waals surface area contributed by atoms with Crippen LogP contribution in [0.2, 0.25) is 0 Å². The van der Waals surface area contributed by atoms with E-state index in [-0.39, 0.29) is 17.7 Å². The molecule has 4 N–H and O–H groups in total. The Bertz CT molecular complexity index is 626. The van der Waals surface area contributed by atoms with Crippen LogP contribution in [0, 0.1) is 11.8 Å². The largest absolute Gasteiger partial charge is 0.393 e. The Hall–Kier alpha value is -1.35. The molecule has 0 aromatic carbocycles. The van der Waals surface area contributed by atoms with Crippen molar-refractivity contribution in [2.45, 2.75) is 95.9 Å². The number of aromatic nitrogens is 2. The highest BCUT2D eigenvalue weighted by Crippen LogP contribution is 2.37. The summed E-state index contributed by atoms with van der Waals surface area (Å²) in [6.45, 7) is 2.14. The van der Waals surface area contributed by atoms with E-state index in [1.165, 1.54) is 11.3 Å². The topological polar surface area (TPSA) is 116 Å². The number of anilines is 1. The number of hydrogen-bond acceptors (Lipinski definition) is 7. The van der Waals surface area contributed by atoms with Gasteiger partial charge in [0.1, 0.15) is 5.51 Å². The second kappa shape index (κ2) is 13.9. The highest BCUT2D eigenvalue weighted by atomic mass is 32.1. The summed E-state index contributed by atoms with van der Waals surface area (Å²) in [5.41, 5.74) is 1.58. The smallest absolute Gasteiger partial charge is 0.226 e. The second-order valence-corrected chi connectivity index (χ2v) is 9.14. The summed E-state index contributed by atoms with van der Waals surface area (Å²) in [4.78, 5) is 11.8. The number of unbranched alkanes of at least 4 members (excludes halogenated alkanes) is 5. The summed E-state index contributed by atoms with van der Waals surface area (Å²) >= 11 is 1.30. The van der Waals surface area contributed by atoms with Crippen LogP contribution in [-0.4, -0.2) is 49.7 Å². The SMILES string of the molecule is CCCCC[C@H](O)/C=C/[C@@H]1C(CCCCCCC(=O)Nc2nncs2)[C@@H](O)C[C@H]1O. The molecule has 5 atom stereocenters. The Balaban J connectivity index is 1.65. The summed E-state index contributed by atoms with van der Waals surface area (Å²) in [7, 11) is 0. The Kier molecular flexibility index (Phi) is 11.5. The third kappa shape index (κ3) is 8.79. The fourth-order valence-electron chi connectivity index (χ4n) is 4.16. The number of rotatable bonds is 14. The van der Waals surface area contributed by atoms with Crippen molar-refractivity contribution < 1.29 is 20.1 Å². The molecule has 0 saturated heterocycles. The molecular formula is C22H37N3O4S. The normalized spacial score (nSPS) is 25.1. The van der Waals surface area contributed by atoms with Crippen molar-refractivity contribution in [2.75, 3.05) is 5.32 Å². The number of nitrogens with zero attached hydrogens (tertiary/aromatic N) is 2. The molecule has 1 aromatic rings. The zero-order valence-corrected chi connectivity index (χ0v) is 18.8. The predicted octanol–water partition coefficient (Wildman–Crippen LogP) is 3.67. The number of carbonyl (C=O) groups is 1. The molecule has 1 aromatic heterocycles. The van der Waals surface area contributed by atoms with Crippen molar-refractivity contribution in [3.05, 3.63) is 17.7 Å². The molecule has 1 aliphatic carbocycles. The van der Waals surface area contributed by atoms with Crippen molar-refractivity contribution in [1.82, 2.24) is 10.2 Å². The molecule has 1 heterocycles. The van der Waals surface area contributed by atoms with Crippen molar-refractivity contribution in [1.29, 1.82) is 0 Å². The first-order chi connectivity index (χ1) is 14.5. The van der Waals surface area contributed by atoms with Gasteiger partial charge < -0.3 is 20.6 Å². The molecule has 0 radical (unpaired) electrons. The Morgan fingerprint density at radius 3 is 2.77 bits per heavy atom. The molecule has 7 nitrogen and oxygen atoms in total. The van der Waals surface area contributed by atoms with Gasteiger partial charge in [0.05, 0.1) is 18.3 Å². The van der Waals surface area contributed by atoms with E-state index < -0.39 is 18.3 Å². The lowest BCUT2D eigenvalue weighted by molar-refractivity contribution is -0.116. The Morgan fingerprint density at radius 2 is 2.03 bits per heavy atom. The number of hydrogen-bond donors (Lipinski definition) is 4. The lowest BCUT2D eigenvalue weighted by Crippen LogP contribution is -2.21. The van der Waals surface area contributed by atoms with Gasteiger partial charge >= 0.3 is 0 Å². The summed E-state index contributed by atoms with van der Waals surface area (Å²) < 4.78 is 0. The fourth-order valence-corrected chi connectivity index (χ4v) is 4.62. The highest BCUT2D eigenvalue weighted by Gasteiger charge is 2.39. The van der Waals surface area contributed by atoms with Crippen LogP contribution >= 0.6 is 11.3 Å². The molecule has 1 saturated carbocycles. The Morgan fingerprint density at radius 1 is 1.23 bits per heavy atom. The lowest BCUT2D eigenvalue weighted by atomic mass is 9.88. The van der Waals surface area contributed by atoms with Gasteiger partial charge in [-0.3, -0.25) is 4.79 Å². The van der Waals surface area contributed by atoms with Gasteiger partial charge in [-0.1, -0.05) is 68.9 Å². The van der Waals surface area contributed by atoms with Crippen LogP contribution < -0.4 is 5.32 Å². The maximum atomic E-state index is 11.8. The minimum Gasteiger partial charge on any atom is -0.393 e. The first-order valence-electron chi connectivity index (χ1n) is 11.3. The van der Waals surface area contributed by atoms with Gasteiger partial charge in [-0.15, -0.1) is 10.2 Å². The van der Waals surface area contributed by atoms with Gasteiger partial charge in [-0.05, 0) is 25.2 Å². The fraction of sp³-hybridized carbons (Fsp3) is 0.773. The summed E-state index contributed by atoms with van der Waals surface area (Å²) in [6, 6.07) is 0. The van der Waals surface area contributed by atoms with Crippen molar-refractivity contribution in [3.8, 4) is 0 Å². The van der Waals surface area contributed by atoms with Crippen LogP contribution in [0.5, 0.6) is 0 Å². The Labute approximate surface area is 183 Å². The monoisotopic (exact) mass is 439 g/mol. The molecule has 1 aliphatic rings. The number of nitrogens with one attached hydrogen (secondary N) is 1. The van der Waals surface area contributed by atoms with Crippen LogP contribution in [0.25, 0.3) is 0 Å². The summed E-state index contributed by atoms with van der Waals surface area (Å²) in [5.74, 6) is -0.109. The molecule has 0 aliphatic heterocycles. The third-order valence-corrected chi connectivity index (χ3v) is 6.48. The van der Waals surface area contributed by atoms with Crippen LogP contribution in [-0.2, 0) is 4.79 Å². The molecule has 1 amide bonds. The lowest BCUT2D eigenvalue weighted by Gasteiger charge is -2.21. The first kappa shape index (κ1) is 24.9. The molecule has 1 unspecified atom stereocenters. The molecular weight excluding hydrogens is 402 g/mol. The van der Waals surface area contributed by atoms with Crippen LogP contribution in [0.4, 0.5) is 5.13 Å². The van der Waals surface area contributed by atoms with E-state index in [1.54, 1.807) is 11.6 Å². The van der Waals surface area contributed by atoms with E-state index in [4.69, 9.17) is 0 Å². The zero-order chi connectivity index (χ0) is 21.8. The van der Waals surface area contributed by atoms with Crippen LogP contribution in [0.15, 0.2) is 17.7 Å². The summed E-state index contributed by atoms with van der Waals surface area (Å²) in [6.07, 6.45) is 11.6. The standard InChI is InChI=1S/C22H37N3O4S/c1-2-3-6-9-16(26)12-13-18-17(19(27)14-20(18)28)10-7-4-5-8-11-21(29)24-22-25-23-15-30-22/h12-13,15-20,26-28H,2-11,14H2,1H3,(H,24,25,29)/b13-12+/t16-,17?,18+,19-,20+/m0/s1. The second-order valence-electron chi connectivity index (χ2n) is 8.30. The van der Waals surface area contributed by atoms with Gasteiger partial charge in [0, 0.05) is 18.8 Å². The van der Waals surface area contributed by atoms with Gasteiger partial charge in [-0.25, -0.2) is 0 Å².